The Balaban J connectivity index is 0.000000318. The molecule has 1 N–H and O–H groups in total. The van der Waals surface area contributed by atoms with E-state index >= 15 is 0 Å². The van der Waals surface area contributed by atoms with Crippen LogP contribution in [0.2, 0.25) is 0 Å². The third-order valence-electron chi connectivity index (χ3n) is 5.27. The molecule has 0 aliphatic carbocycles. The van der Waals surface area contributed by atoms with Crippen molar-refractivity contribution < 1.29 is 32.3 Å². The van der Waals surface area contributed by atoms with Crippen molar-refractivity contribution in [3.05, 3.63) is 40.2 Å². The van der Waals surface area contributed by atoms with E-state index in [0.29, 0.717) is 17.8 Å². The molecule has 164 valence electrons. The average Bonchev–Trinajstić information content (AvgIpc) is 3.47. The van der Waals surface area contributed by atoms with Crippen molar-refractivity contribution in [2.45, 2.75) is 51.0 Å². The lowest BCUT2D eigenvalue weighted by atomic mass is 10.1. The quantitative estimate of drug-likeness (QED) is 0.776. The third kappa shape index (κ3) is 5.01. The fourth-order valence-corrected chi connectivity index (χ4v) is 4.41. The molecule has 2 aliphatic heterocycles. The zero-order valence-corrected chi connectivity index (χ0v) is 17.1. The predicted molar refractivity (Wildman–Crippen MR) is 102 cm³/mol. The number of nitrogens with zero attached hydrogens (tertiary/aromatic N) is 3. The summed E-state index contributed by atoms with van der Waals surface area (Å²) in [7, 11) is 0. The lowest BCUT2D eigenvalue weighted by Gasteiger charge is -2.24. The second-order valence-electron chi connectivity index (χ2n) is 7.08. The van der Waals surface area contributed by atoms with Crippen LogP contribution in [0.3, 0.4) is 0 Å². The summed E-state index contributed by atoms with van der Waals surface area (Å²) in [6, 6.07) is 4.92. The SMILES string of the molecule is CCc1ccc(CN2CC[C@H]3[C@H]2CCN3C(=O)c2cscn2)o1.O=C(O)C(F)(F)F. The Bertz CT molecular complexity index is 869. The van der Waals surface area contributed by atoms with Crippen LogP contribution >= 0.6 is 11.3 Å². The first-order chi connectivity index (χ1) is 14.2. The molecular formula is C19H22F3N3O4S. The van der Waals surface area contributed by atoms with Crippen LogP contribution in [-0.4, -0.2) is 63.1 Å². The molecule has 2 atom stereocenters. The number of halogens is 3. The van der Waals surface area contributed by atoms with Gasteiger partial charge in [-0.1, -0.05) is 6.92 Å². The summed E-state index contributed by atoms with van der Waals surface area (Å²) in [5.41, 5.74) is 2.32. The van der Waals surface area contributed by atoms with E-state index in [0.717, 1.165) is 50.4 Å². The molecular weight excluding hydrogens is 423 g/mol. The van der Waals surface area contributed by atoms with Gasteiger partial charge in [-0.25, -0.2) is 9.78 Å². The number of hydrogen-bond acceptors (Lipinski definition) is 6. The molecule has 0 unspecified atom stereocenters. The van der Waals surface area contributed by atoms with Crippen molar-refractivity contribution in [2.75, 3.05) is 13.1 Å². The highest BCUT2D eigenvalue weighted by atomic mass is 32.1. The number of carbonyl (C=O) groups is 2. The fraction of sp³-hybridized carbons (Fsp3) is 0.526. The number of aromatic nitrogens is 1. The average molecular weight is 445 g/mol. The zero-order valence-electron chi connectivity index (χ0n) is 16.3. The topological polar surface area (TPSA) is 86.9 Å². The van der Waals surface area contributed by atoms with Crippen LogP contribution in [-0.2, 0) is 17.8 Å². The number of aryl methyl sites for hydroxylation is 1. The summed E-state index contributed by atoms with van der Waals surface area (Å²) in [5, 5.41) is 8.97. The maximum absolute atomic E-state index is 12.6. The van der Waals surface area contributed by atoms with E-state index in [9.17, 15) is 18.0 Å². The molecule has 4 rings (SSSR count). The summed E-state index contributed by atoms with van der Waals surface area (Å²) in [6.45, 7) is 4.81. The molecule has 0 bridgehead atoms. The van der Waals surface area contributed by atoms with Crippen LogP contribution in [0.4, 0.5) is 13.2 Å². The molecule has 2 aliphatic rings. The predicted octanol–water partition coefficient (Wildman–Crippen LogP) is 3.42. The number of thiazole rings is 1. The number of carbonyl (C=O) groups excluding carboxylic acids is 1. The smallest absolute Gasteiger partial charge is 0.475 e. The van der Waals surface area contributed by atoms with Gasteiger partial charge in [0.15, 0.2) is 0 Å². The minimum Gasteiger partial charge on any atom is -0.475 e. The zero-order chi connectivity index (χ0) is 21.9. The summed E-state index contributed by atoms with van der Waals surface area (Å²) in [5.74, 6) is -0.589. The van der Waals surface area contributed by atoms with E-state index in [-0.39, 0.29) is 5.91 Å². The van der Waals surface area contributed by atoms with Gasteiger partial charge in [0.2, 0.25) is 0 Å². The van der Waals surface area contributed by atoms with E-state index in [1.807, 2.05) is 10.3 Å². The lowest BCUT2D eigenvalue weighted by molar-refractivity contribution is -0.192. The number of aliphatic carboxylic acids is 1. The highest BCUT2D eigenvalue weighted by Crippen LogP contribution is 2.33. The van der Waals surface area contributed by atoms with Crippen molar-refractivity contribution in [1.29, 1.82) is 0 Å². The fourth-order valence-electron chi connectivity index (χ4n) is 3.89. The Morgan fingerprint density at radius 1 is 1.23 bits per heavy atom. The Morgan fingerprint density at radius 3 is 2.47 bits per heavy atom. The molecule has 0 aromatic carbocycles. The number of hydrogen-bond donors (Lipinski definition) is 1. The van der Waals surface area contributed by atoms with Gasteiger partial charge in [-0.05, 0) is 25.0 Å². The van der Waals surface area contributed by atoms with Crippen molar-refractivity contribution in [2.24, 2.45) is 0 Å². The Labute approximate surface area is 175 Å². The van der Waals surface area contributed by atoms with E-state index in [2.05, 4.69) is 28.9 Å². The van der Waals surface area contributed by atoms with E-state index in [4.69, 9.17) is 14.3 Å². The van der Waals surface area contributed by atoms with Gasteiger partial charge in [0.1, 0.15) is 17.2 Å². The molecule has 1 amide bonds. The van der Waals surface area contributed by atoms with Gasteiger partial charge in [-0.2, -0.15) is 13.2 Å². The molecule has 0 saturated carbocycles. The number of amides is 1. The van der Waals surface area contributed by atoms with Crippen LogP contribution in [0.15, 0.2) is 27.4 Å². The molecule has 0 spiro atoms. The molecule has 11 heteroatoms. The first kappa shape index (κ1) is 22.3. The minimum absolute atomic E-state index is 0.0897. The van der Waals surface area contributed by atoms with Gasteiger partial charge in [-0.3, -0.25) is 9.69 Å². The van der Waals surface area contributed by atoms with Gasteiger partial charge in [0, 0.05) is 37.0 Å². The van der Waals surface area contributed by atoms with Crippen LogP contribution in [0.25, 0.3) is 0 Å². The minimum atomic E-state index is -5.08. The largest absolute Gasteiger partial charge is 0.490 e. The van der Waals surface area contributed by atoms with Crippen molar-refractivity contribution >= 4 is 23.2 Å². The van der Waals surface area contributed by atoms with Crippen molar-refractivity contribution in [3.63, 3.8) is 0 Å². The highest BCUT2D eigenvalue weighted by Gasteiger charge is 2.44. The van der Waals surface area contributed by atoms with Gasteiger partial charge >= 0.3 is 12.1 Å². The number of furan rings is 1. The third-order valence-corrected chi connectivity index (χ3v) is 5.86. The van der Waals surface area contributed by atoms with Crippen molar-refractivity contribution in [3.8, 4) is 0 Å². The Hall–Kier alpha value is -2.40. The second kappa shape index (κ2) is 9.17. The molecule has 2 saturated heterocycles. The second-order valence-corrected chi connectivity index (χ2v) is 7.80. The normalized spacial score (nSPS) is 21.3. The van der Waals surface area contributed by atoms with Crippen LogP contribution < -0.4 is 0 Å². The Morgan fingerprint density at radius 2 is 1.90 bits per heavy atom. The maximum atomic E-state index is 12.6. The number of carboxylic acid groups (broad SMARTS) is 1. The van der Waals surface area contributed by atoms with E-state index in [1.165, 1.54) is 11.3 Å². The summed E-state index contributed by atoms with van der Waals surface area (Å²) in [4.78, 5) is 30.2. The van der Waals surface area contributed by atoms with Crippen LogP contribution in [0, 0.1) is 0 Å². The molecule has 2 aromatic heterocycles. The van der Waals surface area contributed by atoms with Gasteiger partial charge in [0.25, 0.3) is 5.91 Å². The monoisotopic (exact) mass is 445 g/mol. The van der Waals surface area contributed by atoms with E-state index < -0.39 is 12.1 Å². The molecule has 4 heterocycles. The van der Waals surface area contributed by atoms with Gasteiger partial charge in [0.05, 0.1) is 12.1 Å². The molecule has 7 nitrogen and oxygen atoms in total. The molecule has 2 fully saturated rings. The summed E-state index contributed by atoms with van der Waals surface area (Å²) >= 11 is 1.48. The summed E-state index contributed by atoms with van der Waals surface area (Å²) < 4.78 is 37.6. The molecule has 0 radical (unpaired) electrons. The van der Waals surface area contributed by atoms with Crippen LogP contribution in [0.5, 0.6) is 0 Å². The first-order valence-electron chi connectivity index (χ1n) is 9.51. The molecule has 2 aromatic rings. The number of alkyl halides is 3. The molecule has 30 heavy (non-hydrogen) atoms. The van der Waals surface area contributed by atoms with Crippen LogP contribution in [0.1, 0.15) is 41.8 Å². The van der Waals surface area contributed by atoms with Crippen molar-refractivity contribution in [1.82, 2.24) is 14.8 Å². The number of fused-ring (bicyclic) bond motifs is 1. The highest BCUT2D eigenvalue weighted by molar-refractivity contribution is 7.07. The number of likely N-dealkylation sites (tertiary alicyclic amines) is 2. The standard InChI is InChI=1S/C17H21N3O2S.C2HF3O2/c1-2-12-3-4-13(22-12)9-19-7-5-16-15(19)6-8-20(16)17(21)14-10-23-11-18-14;3-2(4,5)1(6)7/h3-4,10-11,15-16H,2,5-9H2,1H3;(H,6,7)/t15-,16+;/m1./s1. The maximum Gasteiger partial charge on any atom is 0.490 e. The summed E-state index contributed by atoms with van der Waals surface area (Å²) in [6.07, 6.45) is -2.06. The Kier molecular flexibility index (Phi) is 6.81. The number of carboxylic acids is 1. The first-order valence-corrected chi connectivity index (χ1v) is 10.5. The van der Waals surface area contributed by atoms with Gasteiger partial charge in [-0.15, -0.1) is 11.3 Å². The van der Waals surface area contributed by atoms with E-state index in [1.54, 1.807) is 5.51 Å². The number of rotatable bonds is 4. The lowest BCUT2D eigenvalue weighted by Crippen LogP contribution is -2.39. The van der Waals surface area contributed by atoms with Gasteiger partial charge < -0.3 is 14.4 Å².